The molecule has 0 saturated heterocycles. The normalized spacial score (nSPS) is 13.0. The molecule has 0 unspecified atom stereocenters. The fourth-order valence-corrected chi connectivity index (χ4v) is 3.51. The Morgan fingerprint density at radius 2 is 1.73 bits per heavy atom. The van der Waals surface area contributed by atoms with Crippen LogP contribution in [0.2, 0.25) is 0 Å². The maximum Gasteiger partial charge on any atom is 0.0885 e. The van der Waals surface area contributed by atoms with Crippen LogP contribution in [0.5, 0.6) is 0 Å². The zero-order valence-corrected chi connectivity index (χ0v) is 16.1. The number of nitrogens with one attached hydrogen (secondary N) is 2. The molecule has 4 nitrogen and oxygen atoms in total. The van der Waals surface area contributed by atoms with Crippen LogP contribution >= 0.6 is 0 Å². The van der Waals surface area contributed by atoms with Gasteiger partial charge in [-0.3, -0.25) is 10.1 Å². The van der Waals surface area contributed by atoms with Gasteiger partial charge in [0.25, 0.3) is 0 Å². The van der Waals surface area contributed by atoms with E-state index in [9.17, 15) is 0 Å². The van der Waals surface area contributed by atoms with E-state index in [1.165, 1.54) is 11.3 Å². The van der Waals surface area contributed by atoms with Crippen LogP contribution in [0.15, 0.2) is 42.6 Å². The average Bonchev–Trinajstić information content (AvgIpc) is 3.17. The number of pyridine rings is 1. The molecule has 3 heterocycles. The van der Waals surface area contributed by atoms with Gasteiger partial charge >= 0.3 is 0 Å². The van der Waals surface area contributed by atoms with Crippen LogP contribution in [0.25, 0.3) is 21.9 Å². The van der Waals surface area contributed by atoms with E-state index in [4.69, 9.17) is 4.98 Å². The van der Waals surface area contributed by atoms with E-state index in [0.29, 0.717) is 0 Å². The standard InChI is InChI=1S/C22H26N4/c1-21(2,3)20-9-8-17-19(25-20)11-16(24-17)12-22(4,5)15-7-6-14-13-23-26-18(14)10-15/h6-11,13,24H,12H2,1-5H3,(H,23,26). The Morgan fingerprint density at radius 1 is 0.923 bits per heavy atom. The summed E-state index contributed by atoms with van der Waals surface area (Å²) in [6.45, 7) is 11.2. The molecule has 0 radical (unpaired) electrons. The molecule has 134 valence electrons. The van der Waals surface area contributed by atoms with Crippen molar-refractivity contribution < 1.29 is 0 Å². The van der Waals surface area contributed by atoms with Gasteiger partial charge < -0.3 is 4.98 Å². The molecular weight excluding hydrogens is 320 g/mol. The minimum atomic E-state index is 0.00698. The molecule has 26 heavy (non-hydrogen) atoms. The topological polar surface area (TPSA) is 57.4 Å². The molecule has 0 fully saturated rings. The molecule has 2 N–H and O–H groups in total. The van der Waals surface area contributed by atoms with Crippen LogP contribution in [-0.4, -0.2) is 20.2 Å². The van der Waals surface area contributed by atoms with Crippen molar-refractivity contribution in [2.24, 2.45) is 0 Å². The van der Waals surface area contributed by atoms with E-state index in [1.54, 1.807) is 0 Å². The third-order valence-corrected chi connectivity index (χ3v) is 5.16. The van der Waals surface area contributed by atoms with Gasteiger partial charge in [-0.1, -0.05) is 46.8 Å². The van der Waals surface area contributed by atoms with Gasteiger partial charge in [0.2, 0.25) is 0 Å². The summed E-state index contributed by atoms with van der Waals surface area (Å²) in [5.41, 5.74) is 6.95. The van der Waals surface area contributed by atoms with Gasteiger partial charge in [-0.2, -0.15) is 5.10 Å². The van der Waals surface area contributed by atoms with E-state index < -0.39 is 0 Å². The van der Waals surface area contributed by atoms with Gasteiger partial charge in [-0.15, -0.1) is 0 Å². The van der Waals surface area contributed by atoms with Gasteiger partial charge in [0.15, 0.2) is 0 Å². The maximum atomic E-state index is 4.86. The minimum Gasteiger partial charge on any atom is -0.357 e. The highest BCUT2D eigenvalue weighted by Crippen LogP contribution is 2.31. The molecule has 4 aromatic rings. The number of hydrogen-bond acceptors (Lipinski definition) is 2. The van der Waals surface area contributed by atoms with Crippen LogP contribution in [0.4, 0.5) is 0 Å². The zero-order valence-electron chi connectivity index (χ0n) is 16.1. The number of H-pyrrole nitrogens is 2. The summed E-state index contributed by atoms with van der Waals surface area (Å²) < 4.78 is 0. The molecule has 3 aromatic heterocycles. The molecule has 0 aliphatic rings. The molecule has 4 heteroatoms. The van der Waals surface area contributed by atoms with Crippen molar-refractivity contribution in [1.82, 2.24) is 20.2 Å². The highest BCUT2D eigenvalue weighted by atomic mass is 15.1. The Bertz CT molecular complexity index is 1080. The summed E-state index contributed by atoms with van der Waals surface area (Å²) in [6.07, 6.45) is 2.79. The first kappa shape index (κ1) is 16.8. The zero-order chi connectivity index (χ0) is 18.5. The number of aromatic amines is 2. The molecular formula is C22H26N4. The first-order chi connectivity index (χ1) is 12.2. The van der Waals surface area contributed by atoms with Gasteiger partial charge in [0.05, 0.1) is 22.7 Å². The van der Waals surface area contributed by atoms with Crippen molar-refractivity contribution in [1.29, 1.82) is 0 Å². The predicted molar refractivity (Wildman–Crippen MR) is 108 cm³/mol. The summed E-state index contributed by atoms with van der Waals surface area (Å²) >= 11 is 0. The molecule has 0 saturated carbocycles. The second-order valence-electron chi connectivity index (χ2n) is 8.91. The number of hydrogen-bond donors (Lipinski definition) is 2. The lowest BCUT2D eigenvalue weighted by atomic mass is 9.80. The van der Waals surface area contributed by atoms with Crippen LogP contribution in [0.3, 0.4) is 0 Å². The molecule has 4 rings (SSSR count). The van der Waals surface area contributed by atoms with Gasteiger partial charge in [-0.25, -0.2) is 0 Å². The van der Waals surface area contributed by atoms with Crippen LogP contribution in [-0.2, 0) is 17.3 Å². The summed E-state index contributed by atoms with van der Waals surface area (Å²) in [5, 5.41) is 8.34. The summed E-state index contributed by atoms with van der Waals surface area (Å²) in [6, 6.07) is 13.0. The smallest absolute Gasteiger partial charge is 0.0885 e. The first-order valence-electron chi connectivity index (χ1n) is 9.15. The molecule has 1 aromatic carbocycles. The largest absolute Gasteiger partial charge is 0.357 e. The number of rotatable bonds is 3. The first-order valence-corrected chi connectivity index (χ1v) is 9.15. The molecule has 0 aliphatic carbocycles. The van der Waals surface area contributed by atoms with Crippen molar-refractivity contribution in [3.8, 4) is 0 Å². The lowest BCUT2D eigenvalue weighted by molar-refractivity contribution is 0.517. The van der Waals surface area contributed by atoms with Crippen molar-refractivity contribution in [2.75, 3.05) is 0 Å². The Kier molecular flexibility index (Phi) is 3.69. The van der Waals surface area contributed by atoms with E-state index in [1.807, 2.05) is 6.20 Å². The van der Waals surface area contributed by atoms with Crippen LogP contribution < -0.4 is 0 Å². The number of benzene rings is 1. The Hall–Kier alpha value is -2.62. The van der Waals surface area contributed by atoms with E-state index >= 15 is 0 Å². The third kappa shape index (κ3) is 3.00. The van der Waals surface area contributed by atoms with Gasteiger partial charge in [0.1, 0.15) is 0 Å². The van der Waals surface area contributed by atoms with Crippen LogP contribution in [0, 0.1) is 0 Å². The second kappa shape index (κ2) is 5.70. The van der Waals surface area contributed by atoms with Crippen molar-refractivity contribution in [3.05, 3.63) is 59.5 Å². The lowest BCUT2D eigenvalue weighted by Crippen LogP contribution is -2.20. The van der Waals surface area contributed by atoms with Crippen molar-refractivity contribution in [2.45, 2.75) is 51.9 Å². The highest BCUT2D eigenvalue weighted by molar-refractivity contribution is 5.79. The second-order valence-corrected chi connectivity index (χ2v) is 8.91. The Morgan fingerprint density at radius 3 is 2.50 bits per heavy atom. The predicted octanol–water partition coefficient (Wildman–Crippen LogP) is 5.26. The Labute approximate surface area is 154 Å². The fourth-order valence-electron chi connectivity index (χ4n) is 3.51. The number of aromatic nitrogens is 4. The molecule has 0 bridgehead atoms. The lowest BCUT2D eigenvalue weighted by Gasteiger charge is -2.24. The Balaban J connectivity index is 1.66. The molecule has 0 atom stereocenters. The van der Waals surface area contributed by atoms with E-state index in [-0.39, 0.29) is 10.8 Å². The van der Waals surface area contributed by atoms with Crippen LogP contribution in [0.1, 0.15) is 51.6 Å². The number of fused-ring (bicyclic) bond motifs is 2. The van der Waals surface area contributed by atoms with Gasteiger partial charge in [-0.05, 0) is 41.7 Å². The number of nitrogens with zero attached hydrogens (tertiary/aromatic N) is 2. The van der Waals surface area contributed by atoms with E-state index in [0.717, 1.165) is 34.1 Å². The van der Waals surface area contributed by atoms with Gasteiger partial charge in [0, 0.05) is 22.2 Å². The minimum absolute atomic E-state index is 0.00698. The monoisotopic (exact) mass is 346 g/mol. The third-order valence-electron chi connectivity index (χ3n) is 5.16. The maximum absolute atomic E-state index is 4.86. The molecule has 0 amide bonds. The van der Waals surface area contributed by atoms with Crippen molar-refractivity contribution in [3.63, 3.8) is 0 Å². The molecule has 0 spiro atoms. The molecule has 0 aliphatic heterocycles. The summed E-state index contributed by atoms with van der Waals surface area (Å²) in [7, 11) is 0. The highest BCUT2D eigenvalue weighted by Gasteiger charge is 2.23. The fraction of sp³-hybridized carbons (Fsp3) is 0.364. The van der Waals surface area contributed by atoms with Crippen molar-refractivity contribution >= 4 is 21.9 Å². The summed E-state index contributed by atoms with van der Waals surface area (Å²) in [5.74, 6) is 0. The average molecular weight is 346 g/mol. The summed E-state index contributed by atoms with van der Waals surface area (Å²) in [4.78, 5) is 8.41. The van der Waals surface area contributed by atoms with E-state index in [2.05, 4.69) is 86.2 Å². The SMILES string of the molecule is CC(C)(C)c1ccc2[nH]c(CC(C)(C)c3ccc4cn[nH]c4c3)cc2n1. The quantitative estimate of drug-likeness (QED) is 0.532.